The second kappa shape index (κ2) is 4.53. The zero-order valence-electron chi connectivity index (χ0n) is 10.5. The highest BCUT2D eigenvalue weighted by atomic mass is 15.3. The quantitative estimate of drug-likeness (QED) is 0.788. The molecule has 0 fully saturated rings. The SMILES string of the molecule is CC(C)(C)n1cc(C=Cc2ccncc2)cn1. The van der Waals surface area contributed by atoms with Crippen molar-refractivity contribution in [3.63, 3.8) is 0 Å². The number of hydrogen-bond acceptors (Lipinski definition) is 2. The average Bonchev–Trinajstić information content (AvgIpc) is 2.76. The third-order valence-corrected chi connectivity index (χ3v) is 2.46. The van der Waals surface area contributed by atoms with Gasteiger partial charge in [-0.1, -0.05) is 12.2 Å². The van der Waals surface area contributed by atoms with Crippen LogP contribution in [0.3, 0.4) is 0 Å². The predicted molar refractivity (Wildman–Crippen MR) is 70.4 cm³/mol. The number of aromatic nitrogens is 3. The van der Waals surface area contributed by atoms with Gasteiger partial charge in [-0.15, -0.1) is 0 Å². The first kappa shape index (κ1) is 11.6. The Balaban J connectivity index is 2.15. The lowest BCUT2D eigenvalue weighted by Gasteiger charge is -2.18. The summed E-state index contributed by atoms with van der Waals surface area (Å²) in [5.74, 6) is 0. The minimum absolute atomic E-state index is 0.0305. The van der Waals surface area contributed by atoms with E-state index in [2.05, 4.69) is 49.2 Å². The largest absolute Gasteiger partial charge is 0.267 e. The molecule has 2 aromatic heterocycles. The van der Waals surface area contributed by atoms with E-state index in [0.29, 0.717) is 0 Å². The molecule has 0 radical (unpaired) electrons. The van der Waals surface area contributed by atoms with Crippen LogP contribution in [0, 0.1) is 0 Å². The molecule has 0 atom stereocenters. The molecule has 0 aliphatic carbocycles. The monoisotopic (exact) mass is 227 g/mol. The fraction of sp³-hybridized carbons (Fsp3) is 0.286. The first-order chi connectivity index (χ1) is 8.05. The highest BCUT2D eigenvalue weighted by Gasteiger charge is 2.12. The van der Waals surface area contributed by atoms with Gasteiger partial charge in [0.2, 0.25) is 0 Å². The standard InChI is InChI=1S/C14H17N3/c1-14(2,3)17-11-13(10-16-17)5-4-12-6-8-15-9-7-12/h4-11H,1-3H3. The van der Waals surface area contributed by atoms with Gasteiger partial charge in [-0.25, -0.2) is 0 Å². The summed E-state index contributed by atoms with van der Waals surface area (Å²) in [5, 5.41) is 4.35. The van der Waals surface area contributed by atoms with E-state index in [-0.39, 0.29) is 5.54 Å². The van der Waals surface area contributed by atoms with Crippen LogP contribution in [0.1, 0.15) is 31.9 Å². The van der Waals surface area contributed by atoms with Crippen molar-refractivity contribution < 1.29 is 0 Å². The minimum Gasteiger partial charge on any atom is -0.267 e. The Bertz CT molecular complexity index is 504. The molecule has 17 heavy (non-hydrogen) atoms. The molecule has 0 aliphatic rings. The Labute approximate surface area is 102 Å². The summed E-state index contributed by atoms with van der Waals surface area (Å²) in [4.78, 5) is 3.99. The summed E-state index contributed by atoms with van der Waals surface area (Å²) in [6, 6.07) is 3.95. The van der Waals surface area contributed by atoms with Crippen molar-refractivity contribution in [2.24, 2.45) is 0 Å². The molecular weight excluding hydrogens is 210 g/mol. The predicted octanol–water partition coefficient (Wildman–Crippen LogP) is 3.20. The fourth-order valence-corrected chi connectivity index (χ4v) is 1.46. The van der Waals surface area contributed by atoms with Gasteiger partial charge in [0, 0.05) is 24.2 Å². The van der Waals surface area contributed by atoms with Gasteiger partial charge in [0.15, 0.2) is 0 Å². The van der Waals surface area contributed by atoms with Crippen molar-refractivity contribution in [2.75, 3.05) is 0 Å². The van der Waals surface area contributed by atoms with E-state index in [4.69, 9.17) is 0 Å². The van der Waals surface area contributed by atoms with E-state index in [0.717, 1.165) is 11.1 Å². The van der Waals surface area contributed by atoms with Gasteiger partial charge in [-0.2, -0.15) is 5.10 Å². The van der Waals surface area contributed by atoms with Crippen molar-refractivity contribution in [1.29, 1.82) is 0 Å². The Morgan fingerprint density at radius 3 is 2.29 bits per heavy atom. The van der Waals surface area contributed by atoms with Crippen molar-refractivity contribution in [1.82, 2.24) is 14.8 Å². The van der Waals surface area contributed by atoms with Crippen LogP contribution in [0.5, 0.6) is 0 Å². The summed E-state index contributed by atoms with van der Waals surface area (Å²) < 4.78 is 1.97. The van der Waals surface area contributed by atoms with E-state index in [1.807, 2.05) is 23.0 Å². The molecule has 0 N–H and O–H groups in total. The zero-order chi connectivity index (χ0) is 12.3. The van der Waals surface area contributed by atoms with Crippen LogP contribution in [0.2, 0.25) is 0 Å². The van der Waals surface area contributed by atoms with Gasteiger partial charge >= 0.3 is 0 Å². The summed E-state index contributed by atoms with van der Waals surface area (Å²) in [5.41, 5.74) is 2.28. The third-order valence-electron chi connectivity index (χ3n) is 2.46. The Morgan fingerprint density at radius 2 is 1.71 bits per heavy atom. The molecule has 88 valence electrons. The molecule has 0 spiro atoms. The highest BCUT2D eigenvalue weighted by Crippen LogP contribution is 2.14. The summed E-state index contributed by atoms with van der Waals surface area (Å²) >= 11 is 0. The van der Waals surface area contributed by atoms with Crippen LogP contribution >= 0.6 is 0 Å². The van der Waals surface area contributed by atoms with Crippen LogP contribution in [-0.4, -0.2) is 14.8 Å². The smallest absolute Gasteiger partial charge is 0.0562 e. The zero-order valence-corrected chi connectivity index (χ0v) is 10.5. The molecular formula is C14H17N3. The molecule has 0 aromatic carbocycles. The van der Waals surface area contributed by atoms with E-state index >= 15 is 0 Å². The van der Waals surface area contributed by atoms with Crippen molar-refractivity contribution in [3.05, 3.63) is 48.0 Å². The second-order valence-electron chi connectivity index (χ2n) is 5.00. The Hall–Kier alpha value is -1.90. The molecule has 2 rings (SSSR count). The van der Waals surface area contributed by atoms with Gasteiger partial charge in [0.25, 0.3) is 0 Å². The molecule has 2 aromatic rings. The number of nitrogens with zero attached hydrogens (tertiary/aromatic N) is 3. The summed E-state index contributed by atoms with van der Waals surface area (Å²) in [6.45, 7) is 6.41. The lowest BCUT2D eigenvalue weighted by Crippen LogP contribution is -2.21. The Kier molecular flexibility index (Phi) is 3.09. The molecule has 0 saturated heterocycles. The van der Waals surface area contributed by atoms with Crippen molar-refractivity contribution >= 4 is 12.2 Å². The van der Waals surface area contributed by atoms with Gasteiger partial charge in [0.05, 0.1) is 11.7 Å². The first-order valence-electron chi connectivity index (χ1n) is 5.69. The average molecular weight is 227 g/mol. The lowest BCUT2D eigenvalue weighted by molar-refractivity contribution is 0.355. The maximum Gasteiger partial charge on any atom is 0.0562 e. The normalized spacial score (nSPS) is 12.2. The van der Waals surface area contributed by atoms with Crippen LogP contribution < -0.4 is 0 Å². The molecule has 0 unspecified atom stereocenters. The van der Waals surface area contributed by atoms with Crippen LogP contribution in [0.25, 0.3) is 12.2 Å². The van der Waals surface area contributed by atoms with Crippen LogP contribution in [0.15, 0.2) is 36.9 Å². The fourth-order valence-electron chi connectivity index (χ4n) is 1.46. The summed E-state index contributed by atoms with van der Waals surface area (Å²) in [7, 11) is 0. The van der Waals surface area contributed by atoms with Gasteiger partial charge in [0.1, 0.15) is 0 Å². The van der Waals surface area contributed by atoms with E-state index < -0.39 is 0 Å². The molecule has 0 bridgehead atoms. The van der Waals surface area contributed by atoms with Crippen molar-refractivity contribution in [2.45, 2.75) is 26.3 Å². The maximum atomic E-state index is 4.35. The highest BCUT2D eigenvalue weighted by molar-refractivity contribution is 5.68. The lowest BCUT2D eigenvalue weighted by atomic mass is 10.1. The van der Waals surface area contributed by atoms with Gasteiger partial charge < -0.3 is 0 Å². The molecule has 3 heteroatoms. The van der Waals surface area contributed by atoms with Crippen molar-refractivity contribution in [3.8, 4) is 0 Å². The first-order valence-corrected chi connectivity index (χ1v) is 5.69. The number of hydrogen-bond donors (Lipinski definition) is 0. The third kappa shape index (κ3) is 3.03. The number of rotatable bonds is 2. The second-order valence-corrected chi connectivity index (χ2v) is 5.00. The molecule has 3 nitrogen and oxygen atoms in total. The molecule has 0 amide bonds. The van der Waals surface area contributed by atoms with E-state index in [1.54, 1.807) is 12.4 Å². The van der Waals surface area contributed by atoms with Crippen LogP contribution in [0.4, 0.5) is 0 Å². The maximum absolute atomic E-state index is 4.35. The summed E-state index contributed by atoms with van der Waals surface area (Å²) in [6.07, 6.45) is 11.6. The van der Waals surface area contributed by atoms with E-state index in [1.165, 1.54) is 0 Å². The van der Waals surface area contributed by atoms with Gasteiger partial charge in [-0.05, 0) is 38.5 Å². The Morgan fingerprint density at radius 1 is 1.06 bits per heavy atom. The number of pyridine rings is 1. The molecule has 2 heterocycles. The van der Waals surface area contributed by atoms with Gasteiger partial charge in [-0.3, -0.25) is 9.67 Å². The van der Waals surface area contributed by atoms with Crippen LogP contribution in [-0.2, 0) is 5.54 Å². The minimum atomic E-state index is 0.0305. The van der Waals surface area contributed by atoms with E-state index in [9.17, 15) is 0 Å². The molecule has 0 saturated carbocycles. The molecule has 0 aliphatic heterocycles. The topological polar surface area (TPSA) is 30.7 Å².